The summed E-state index contributed by atoms with van der Waals surface area (Å²) in [4.78, 5) is 11.2. The van der Waals surface area contributed by atoms with Crippen LogP contribution in [0.4, 0.5) is 0 Å². The van der Waals surface area contributed by atoms with Crippen LogP contribution in [-0.4, -0.2) is 34.0 Å². The Morgan fingerprint density at radius 1 is 1.25 bits per heavy atom. The van der Waals surface area contributed by atoms with Crippen LogP contribution < -0.4 is 0 Å². The summed E-state index contributed by atoms with van der Waals surface area (Å²) in [5.74, 6) is 0.205. The molecule has 0 atom stereocenters. The van der Waals surface area contributed by atoms with Gasteiger partial charge in [0.15, 0.2) is 0 Å². The molecule has 0 aliphatic carbocycles. The zero-order valence-corrected chi connectivity index (χ0v) is 13.6. The van der Waals surface area contributed by atoms with Crippen LogP contribution in [0.25, 0.3) is 0 Å². The third-order valence-electron chi connectivity index (χ3n) is 2.96. The molecule has 114 valence electrons. The SMILES string of the molecule is CC(=O)CC(C)(C)COCC(C)(C)Cn1cc(C)nn1. The van der Waals surface area contributed by atoms with Crippen molar-refractivity contribution in [3.05, 3.63) is 11.9 Å². The van der Waals surface area contributed by atoms with Crippen LogP contribution in [0.2, 0.25) is 0 Å². The number of carbonyl (C=O) groups is 1. The monoisotopic (exact) mass is 281 g/mol. The molecular formula is C15H27N3O2. The number of carbonyl (C=O) groups excluding carboxylic acids is 1. The predicted octanol–water partition coefficient (Wildman–Crippen LogP) is 2.63. The number of hydrogen-bond donors (Lipinski definition) is 0. The molecule has 0 aliphatic rings. The lowest BCUT2D eigenvalue weighted by molar-refractivity contribution is -0.120. The molecule has 0 fully saturated rings. The van der Waals surface area contributed by atoms with Gasteiger partial charge in [0.1, 0.15) is 5.78 Å². The Balaban J connectivity index is 2.41. The maximum absolute atomic E-state index is 11.2. The fourth-order valence-corrected chi connectivity index (χ4v) is 2.29. The second-order valence-corrected chi connectivity index (χ2v) is 7.26. The molecule has 0 spiro atoms. The summed E-state index contributed by atoms with van der Waals surface area (Å²) in [6.45, 7) is 13.9. The van der Waals surface area contributed by atoms with E-state index < -0.39 is 0 Å². The third-order valence-corrected chi connectivity index (χ3v) is 2.96. The van der Waals surface area contributed by atoms with Gasteiger partial charge in [0.05, 0.1) is 18.9 Å². The standard InChI is InChI=1S/C15H27N3O2/c1-12-8-18(17-16-12)9-15(5,6)11-20-10-14(3,4)7-13(2)19/h8H,7,9-11H2,1-6H3. The van der Waals surface area contributed by atoms with Crippen LogP contribution in [0, 0.1) is 17.8 Å². The molecule has 0 saturated carbocycles. The highest BCUT2D eigenvalue weighted by Gasteiger charge is 2.24. The zero-order valence-electron chi connectivity index (χ0n) is 13.6. The highest BCUT2D eigenvalue weighted by Crippen LogP contribution is 2.24. The van der Waals surface area contributed by atoms with Crippen LogP contribution in [0.5, 0.6) is 0 Å². The average Bonchev–Trinajstić information content (AvgIpc) is 2.59. The van der Waals surface area contributed by atoms with E-state index in [0.29, 0.717) is 19.6 Å². The molecule has 0 amide bonds. The number of ketones is 1. The van der Waals surface area contributed by atoms with E-state index in [9.17, 15) is 4.79 Å². The summed E-state index contributed by atoms with van der Waals surface area (Å²) < 4.78 is 7.68. The van der Waals surface area contributed by atoms with Gasteiger partial charge in [-0.1, -0.05) is 32.9 Å². The second-order valence-electron chi connectivity index (χ2n) is 7.26. The van der Waals surface area contributed by atoms with Crippen LogP contribution in [0.15, 0.2) is 6.20 Å². The van der Waals surface area contributed by atoms with Crippen molar-refractivity contribution in [3.63, 3.8) is 0 Å². The Kier molecular flexibility index (Phi) is 5.45. The Hall–Kier alpha value is -1.23. The Morgan fingerprint density at radius 3 is 2.35 bits per heavy atom. The van der Waals surface area contributed by atoms with E-state index in [1.807, 2.05) is 17.8 Å². The molecule has 0 N–H and O–H groups in total. The number of ether oxygens (including phenoxy) is 1. The molecule has 1 aromatic rings. The van der Waals surface area contributed by atoms with E-state index in [-0.39, 0.29) is 16.6 Å². The number of Topliss-reactive ketones (excluding diaryl/α,β-unsaturated/α-hetero) is 1. The van der Waals surface area contributed by atoms with Crippen molar-refractivity contribution in [3.8, 4) is 0 Å². The third kappa shape index (κ3) is 6.28. The van der Waals surface area contributed by atoms with E-state index in [1.54, 1.807) is 6.92 Å². The quantitative estimate of drug-likeness (QED) is 0.735. The van der Waals surface area contributed by atoms with Gasteiger partial charge < -0.3 is 9.53 Å². The van der Waals surface area contributed by atoms with Gasteiger partial charge in [-0.25, -0.2) is 0 Å². The minimum absolute atomic E-state index is 0.0214. The fraction of sp³-hybridized carbons (Fsp3) is 0.800. The van der Waals surface area contributed by atoms with Gasteiger partial charge in [0.2, 0.25) is 0 Å². The Labute approximate surface area is 121 Å². The average molecular weight is 281 g/mol. The van der Waals surface area contributed by atoms with Crippen LogP contribution >= 0.6 is 0 Å². The molecular weight excluding hydrogens is 254 g/mol. The lowest BCUT2D eigenvalue weighted by Crippen LogP contribution is -2.29. The highest BCUT2D eigenvalue weighted by molar-refractivity contribution is 5.76. The minimum Gasteiger partial charge on any atom is -0.380 e. The van der Waals surface area contributed by atoms with Gasteiger partial charge in [-0.3, -0.25) is 4.68 Å². The van der Waals surface area contributed by atoms with Crippen molar-refractivity contribution in [2.24, 2.45) is 10.8 Å². The number of nitrogens with zero attached hydrogens (tertiary/aromatic N) is 3. The number of aromatic nitrogens is 3. The Bertz CT molecular complexity index is 450. The molecule has 1 heterocycles. The topological polar surface area (TPSA) is 57.0 Å². The molecule has 1 aromatic heterocycles. The second kappa shape index (κ2) is 6.48. The first-order valence-corrected chi connectivity index (χ1v) is 7.04. The predicted molar refractivity (Wildman–Crippen MR) is 78.4 cm³/mol. The minimum atomic E-state index is -0.105. The van der Waals surface area contributed by atoms with Crippen LogP contribution in [0.1, 0.15) is 46.7 Å². The van der Waals surface area contributed by atoms with Crippen molar-refractivity contribution in [1.29, 1.82) is 0 Å². The van der Waals surface area contributed by atoms with E-state index in [0.717, 1.165) is 12.2 Å². The van der Waals surface area contributed by atoms with Crippen LogP contribution in [0.3, 0.4) is 0 Å². The van der Waals surface area contributed by atoms with Crippen molar-refractivity contribution < 1.29 is 9.53 Å². The van der Waals surface area contributed by atoms with Gasteiger partial charge in [-0.2, -0.15) is 0 Å². The van der Waals surface area contributed by atoms with Gasteiger partial charge in [-0.05, 0) is 19.3 Å². The summed E-state index contributed by atoms with van der Waals surface area (Å²) in [5.41, 5.74) is 0.794. The van der Waals surface area contributed by atoms with Crippen molar-refractivity contribution in [2.75, 3.05) is 13.2 Å². The van der Waals surface area contributed by atoms with E-state index in [1.165, 1.54) is 0 Å². The first kappa shape index (κ1) is 16.8. The lowest BCUT2D eigenvalue weighted by Gasteiger charge is -2.28. The molecule has 5 heteroatoms. The van der Waals surface area contributed by atoms with Gasteiger partial charge in [0.25, 0.3) is 0 Å². The van der Waals surface area contributed by atoms with E-state index in [2.05, 4.69) is 38.0 Å². The summed E-state index contributed by atoms with van der Waals surface area (Å²) in [5, 5.41) is 8.05. The maximum Gasteiger partial charge on any atom is 0.130 e. The molecule has 0 aromatic carbocycles. The summed E-state index contributed by atoms with van der Waals surface area (Å²) >= 11 is 0. The largest absolute Gasteiger partial charge is 0.380 e. The van der Waals surface area contributed by atoms with Crippen LogP contribution in [-0.2, 0) is 16.1 Å². The molecule has 1 rings (SSSR count). The zero-order chi connectivity index (χ0) is 15.4. The summed E-state index contributed by atoms with van der Waals surface area (Å²) in [6, 6.07) is 0. The molecule has 0 radical (unpaired) electrons. The number of hydrogen-bond acceptors (Lipinski definition) is 4. The summed E-state index contributed by atoms with van der Waals surface area (Å²) in [6.07, 6.45) is 2.48. The van der Waals surface area contributed by atoms with Crippen molar-refractivity contribution in [2.45, 2.75) is 54.5 Å². The first-order chi connectivity index (χ1) is 9.10. The fourth-order valence-electron chi connectivity index (χ4n) is 2.29. The van der Waals surface area contributed by atoms with Gasteiger partial charge >= 0.3 is 0 Å². The van der Waals surface area contributed by atoms with Gasteiger partial charge in [-0.15, -0.1) is 5.10 Å². The molecule has 0 saturated heterocycles. The molecule has 0 bridgehead atoms. The van der Waals surface area contributed by atoms with E-state index >= 15 is 0 Å². The normalized spacial score (nSPS) is 12.7. The van der Waals surface area contributed by atoms with Gasteiger partial charge in [0, 0.05) is 24.6 Å². The van der Waals surface area contributed by atoms with E-state index in [4.69, 9.17) is 4.74 Å². The number of aryl methyl sites for hydroxylation is 1. The molecule has 0 aliphatic heterocycles. The first-order valence-electron chi connectivity index (χ1n) is 7.04. The van der Waals surface area contributed by atoms with Crippen molar-refractivity contribution in [1.82, 2.24) is 15.0 Å². The smallest absolute Gasteiger partial charge is 0.130 e. The molecule has 5 nitrogen and oxygen atoms in total. The molecule has 0 unspecified atom stereocenters. The highest BCUT2D eigenvalue weighted by atomic mass is 16.5. The maximum atomic E-state index is 11.2. The van der Waals surface area contributed by atoms with Crippen molar-refractivity contribution >= 4 is 5.78 Å². The Morgan fingerprint density at radius 2 is 1.85 bits per heavy atom. The number of rotatable bonds is 8. The summed E-state index contributed by atoms with van der Waals surface area (Å²) in [7, 11) is 0. The molecule has 20 heavy (non-hydrogen) atoms. The lowest BCUT2D eigenvalue weighted by atomic mass is 9.88.